The van der Waals surface area contributed by atoms with Crippen LogP contribution in [0.2, 0.25) is 0 Å². The van der Waals surface area contributed by atoms with Gasteiger partial charge in [0.15, 0.2) is 0 Å². The molecule has 0 aliphatic carbocycles. The summed E-state index contributed by atoms with van der Waals surface area (Å²) >= 11 is 0. The SMILES string of the molecule is Nc1nccc(-c2cnc3c(c2)N=C(C2COc4ccc(C(=O)NCCc5cccnc5)cc4C2)C3)n1. The third-order valence-electron chi connectivity index (χ3n) is 6.65. The van der Waals surface area contributed by atoms with E-state index in [1.807, 2.05) is 42.6 Å². The Bertz CT molecular complexity index is 1500. The van der Waals surface area contributed by atoms with Crippen molar-refractivity contribution in [3.05, 3.63) is 89.6 Å². The van der Waals surface area contributed by atoms with E-state index >= 15 is 0 Å². The third kappa shape index (κ3) is 4.88. The van der Waals surface area contributed by atoms with Crippen LogP contribution in [0.25, 0.3) is 11.3 Å². The van der Waals surface area contributed by atoms with Gasteiger partial charge in [-0.25, -0.2) is 9.97 Å². The van der Waals surface area contributed by atoms with Gasteiger partial charge < -0.3 is 15.8 Å². The number of nitrogens with two attached hydrogens (primary N) is 1. The first-order valence-corrected chi connectivity index (χ1v) is 12.2. The third-order valence-corrected chi connectivity index (χ3v) is 6.65. The number of benzene rings is 1. The smallest absolute Gasteiger partial charge is 0.251 e. The summed E-state index contributed by atoms with van der Waals surface area (Å²) in [5.74, 6) is 1.06. The predicted molar refractivity (Wildman–Crippen MR) is 140 cm³/mol. The summed E-state index contributed by atoms with van der Waals surface area (Å²) in [6, 6.07) is 13.3. The van der Waals surface area contributed by atoms with Crippen LogP contribution in [0, 0.1) is 5.92 Å². The fourth-order valence-corrected chi connectivity index (χ4v) is 4.71. The van der Waals surface area contributed by atoms with Crippen LogP contribution in [-0.2, 0) is 19.3 Å². The van der Waals surface area contributed by atoms with E-state index in [-0.39, 0.29) is 17.8 Å². The number of carbonyl (C=O) groups is 1. The maximum Gasteiger partial charge on any atom is 0.251 e. The van der Waals surface area contributed by atoms with Crippen LogP contribution in [0.5, 0.6) is 5.75 Å². The van der Waals surface area contributed by atoms with E-state index in [1.165, 1.54) is 0 Å². The van der Waals surface area contributed by atoms with Crippen molar-refractivity contribution in [2.45, 2.75) is 19.3 Å². The molecule has 184 valence electrons. The summed E-state index contributed by atoms with van der Waals surface area (Å²) in [6.07, 6.45) is 9.15. The van der Waals surface area contributed by atoms with Crippen molar-refractivity contribution in [3.8, 4) is 17.0 Å². The average molecular weight is 492 g/mol. The van der Waals surface area contributed by atoms with Gasteiger partial charge >= 0.3 is 0 Å². The summed E-state index contributed by atoms with van der Waals surface area (Å²) in [5, 5.41) is 3.00. The second-order valence-corrected chi connectivity index (χ2v) is 9.17. The molecular weight excluding hydrogens is 466 g/mol. The molecule has 3 aromatic heterocycles. The molecule has 37 heavy (non-hydrogen) atoms. The maximum atomic E-state index is 12.8. The van der Waals surface area contributed by atoms with Crippen LogP contribution in [0.15, 0.2) is 72.2 Å². The van der Waals surface area contributed by atoms with E-state index in [4.69, 9.17) is 15.5 Å². The molecule has 0 bridgehead atoms. The topological polar surface area (TPSA) is 128 Å². The van der Waals surface area contributed by atoms with Gasteiger partial charge in [-0.1, -0.05) is 6.07 Å². The van der Waals surface area contributed by atoms with Crippen LogP contribution in [-0.4, -0.2) is 44.7 Å². The first-order chi connectivity index (χ1) is 18.1. The van der Waals surface area contributed by atoms with Gasteiger partial charge in [-0.05, 0) is 60.4 Å². The summed E-state index contributed by atoms with van der Waals surface area (Å²) in [4.78, 5) is 34.6. The van der Waals surface area contributed by atoms with Gasteiger partial charge in [0.1, 0.15) is 5.75 Å². The Kier molecular flexibility index (Phi) is 6.02. The van der Waals surface area contributed by atoms with Gasteiger partial charge in [0.25, 0.3) is 5.91 Å². The Labute approximate surface area is 213 Å². The van der Waals surface area contributed by atoms with Crippen LogP contribution < -0.4 is 15.8 Å². The zero-order chi connectivity index (χ0) is 25.2. The van der Waals surface area contributed by atoms with Crippen LogP contribution in [0.3, 0.4) is 0 Å². The van der Waals surface area contributed by atoms with Crippen LogP contribution >= 0.6 is 0 Å². The van der Waals surface area contributed by atoms with E-state index in [0.29, 0.717) is 30.8 Å². The number of rotatable bonds is 6. The number of carbonyl (C=O) groups excluding carboxylic acids is 1. The van der Waals surface area contributed by atoms with Crippen molar-refractivity contribution in [1.82, 2.24) is 25.3 Å². The Morgan fingerprint density at radius 2 is 2.05 bits per heavy atom. The summed E-state index contributed by atoms with van der Waals surface area (Å²) < 4.78 is 6.06. The molecule has 0 spiro atoms. The molecule has 2 aliphatic rings. The molecule has 1 amide bonds. The Balaban J connectivity index is 1.14. The molecule has 4 aromatic rings. The minimum atomic E-state index is -0.0958. The highest BCUT2D eigenvalue weighted by molar-refractivity contribution is 5.97. The molecule has 2 aliphatic heterocycles. The lowest BCUT2D eigenvalue weighted by atomic mass is 9.90. The molecular formula is C28H25N7O2. The molecule has 0 saturated heterocycles. The zero-order valence-electron chi connectivity index (χ0n) is 20.1. The van der Waals surface area contributed by atoms with E-state index in [9.17, 15) is 4.79 Å². The van der Waals surface area contributed by atoms with E-state index in [1.54, 1.807) is 24.7 Å². The summed E-state index contributed by atoms with van der Waals surface area (Å²) in [5.41, 5.74) is 12.8. The summed E-state index contributed by atoms with van der Waals surface area (Å²) in [7, 11) is 0. The molecule has 0 radical (unpaired) electrons. The largest absolute Gasteiger partial charge is 0.493 e. The maximum absolute atomic E-state index is 12.8. The van der Waals surface area contributed by atoms with Crippen molar-refractivity contribution in [2.75, 3.05) is 18.9 Å². The number of aliphatic imine (C=N–C) groups is 1. The second-order valence-electron chi connectivity index (χ2n) is 9.17. The minimum absolute atomic E-state index is 0.0958. The van der Waals surface area contributed by atoms with Gasteiger partial charge in [-0.15, -0.1) is 0 Å². The highest BCUT2D eigenvalue weighted by atomic mass is 16.5. The highest BCUT2D eigenvalue weighted by Crippen LogP contribution is 2.35. The van der Waals surface area contributed by atoms with Crippen molar-refractivity contribution in [2.24, 2.45) is 10.9 Å². The van der Waals surface area contributed by atoms with Crippen molar-refractivity contribution in [1.29, 1.82) is 0 Å². The number of nitrogen functional groups attached to an aromatic ring is 1. The second kappa shape index (κ2) is 9.77. The van der Waals surface area contributed by atoms with Gasteiger partial charge in [0, 0.05) is 60.5 Å². The molecule has 3 N–H and O–H groups in total. The molecule has 6 rings (SSSR count). The van der Waals surface area contributed by atoms with Crippen molar-refractivity contribution in [3.63, 3.8) is 0 Å². The number of anilines is 1. The fraction of sp³-hybridized carbons (Fsp3) is 0.214. The van der Waals surface area contributed by atoms with E-state index in [2.05, 4.69) is 25.3 Å². The molecule has 1 aromatic carbocycles. The van der Waals surface area contributed by atoms with Crippen LogP contribution in [0.4, 0.5) is 11.6 Å². The van der Waals surface area contributed by atoms with Gasteiger partial charge in [-0.3, -0.25) is 19.8 Å². The number of nitrogens with zero attached hydrogens (tertiary/aromatic N) is 5. The predicted octanol–water partition coefficient (Wildman–Crippen LogP) is 3.37. The molecule has 9 heteroatoms. The lowest BCUT2D eigenvalue weighted by molar-refractivity contribution is 0.0954. The number of pyridine rings is 2. The average Bonchev–Trinajstić information content (AvgIpc) is 3.36. The fourth-order valence-electron chi connectivity index (χ4n) is 4.71. The number of nitrogens with one attached hydrogen (secondary N) is 1. The summed E-state index contributed by atoms with van der Waals surface area (Å²) in [6.45, 7) is 1.10. The van der Waals surface area contributed by atoms with Gasteiger partial charge in [-0.2, -0.15) is 0 Å². The number of aromatic nitrogens is 4. The number of amides is 1. The number of ether oxygens (including phenoxy) is 1. The lowest BCUT2D eigenvalue weighted by Gasteiger charge is -2.25. The molecule has 1 unspecified atom stereocenters. The Morgan fingerprint density at radius 1 is 1.11 bits per heavy atom. The van der Waals surface area contributed by atoms with Crippen molar-refractivity contribution < 1.29 is 9.53 Å². The van der Waals surface area contributed by atoms with E-state index in [0.717, 1.165) is 52.4 Å². The Hall–Kier alpha value is -4.66. The Morgan fingerprint density at radius 3 is 2.92 bits per heavy atom. The first-order valence-electron chi connectivity index (χ1n) is 12.2. The number of hydrogen-bond donors (Lipinski definition) is 2. The standard InChI is InChI=1S/C28H25N7O2/c29-28-32-9-6-22(35-28)20-12-25-24(33-15-20)13-23(34-25)21-11-19-10-18(3-4-26(19)37-16-21)27(36)31-8-5-17-2-1-7-30-14-17/h1-4,6-7,9-10,12,14-15,21H,5,8,11,13,16H2,(H,31,36)(H2,29,32,35). The molecule has 0 saturated carbocycles. The van der Waals surface area contributed by atoms with E-state index < -0.39 is 0 Å². The number of fused-ring (bicyclic) bond motifs is 2. The zero-order valence-corrected chi connectivity index (χ0v) is 20.1. The molecule has 0 fully saturated rings. The quantitative estimate of drug-likeness (QED) is 0.423. The highest BCUT2D eigenvalue weighted by Gasteiger charge is 2.29. The number of hydrogen-bond acceptors (Lipinski definition) is 8. The van der Waals surface area contributed by atoms with Crippen molar-refractivity contribution >= 4 is 23.3 Å². The molecule has 1 atom stereocenters. The van der Waals surface area contributed by atoms with Crippen LogP contribution in [0.1, 0.15) is 27.2 Å². The van der Waals surface area contributed by atoms with Gasteiger partial charge in [0.2, 0.25) is 5.95 Å². The molecule has 5 heterocycles. The van der Waals surface area contributed by atoms with Gasteiger partial charge in [0.05, 0.1) is 23.7 Å². The molecule has 9 nitrogen and oxygen atoms in total. The monoisotopic (exact) mass is 491 g/mol. The first kappa shape index (κ1) is 22.8. The minimum Gasteiger partial charge on any atom is -0.493 e. The normalized spacial score (nSPS) is 15.8. The lowest BCUT2D eigenvalue weighted by Crippen LogP contribution is -2.29.